The van der Waals surface area contributed by atoms with Crippen molar-refractivity contribution in [1.82, 2.24) is 4.98 Å². The Morgan fingerprint density at radius 2 is 1.88 bits per heavy atom. The van der Waals surface area contributed by atoms with Gasteiger partial charge in [-0.1, -0.05) is 36.4 Å². The molecular formula is C21H17FN2O. The minimum Gasteiger partial charge on any atom is -0.493 e. The van der Waals surface area contributed by atoms with Gasteiger partial charge in [0.05, 0.1) is 12.6 Å². The molecule has 0 saturated heterocycles. The number of hydrogen-bond acceptors (Lipinski definition) is 3. The summed E-state index contributed by atoms with van der Waals surface area (Å²) < 4.78 is 19.9. The van der Waals surface area contributed by atoms with E-state index in [1.165, 1.54) is 17.2 Å². The van der Waals surface area contributed by atoms with Gasteiger partial charge in [0.1, 0.15) is 17.4 Å². The molecule has 2 aliphatic rings. The Balaban J connectivity index is 1.69. The minimum atomic E-state index is -0.243. The maximum Gasteiger partial charge on any atom is 0.130 e. The van der Waals surface area contributed by atoms with Crippen LogP contribution in [0.2, 0.25) is 0 Å². The van der Waals surface area contributed by atoms with Crippen molar-refractivity contribution < 1.29 is 9.13 Å². The number of ether oxygens (including phenoxy) is 1. The van der Waals surface area contributed by atoms with Gasteiger partial charge in [0, 0.05) is 29.2 Å². The summed E-state index contributed by atoms with van der Waals surface area (Å²) in [6.07, 6.45) is 1.79. The second-order valence-corrected chi connectivity index (χ2v) is 6.61. The molecule has 0 amide bonds. The fraction of sp³-hybridized carbons (Fsp3) is 0.190. The van der Waals surface area contributed by atoms with Crippen molar-refractivity contribution in [3.8, 4) is 5.75 Å². The standard InChI is InChI=1S/C21H17FN2O/c22-14-8-9-18-16(11-14)20-17(12-25-18)19(13-5-2-1-3-6-13)15-7-4-10-23-21(15)24-20/h1-11,17,19-20H,12H2,(H,23,24)/t17-,19+,20+/m0/s1. The number of nitrogens with zero attached hydrogens (tertiary/aromatic N) is 1. The molecule has 2 aliphatic heterocycles. The van der Waals surface area contributed by atoms with E-state index >= 15 is 0 Å². The second-order valence-electron chi connectivity index (χ2n) is 6.61. The average Bonchev–Trinajstić information content (AvgIpc) is 2.67. The Morgan fingerprint density at radius 1 is 1.00 bits per heavy atom. The summed E-state index contributed by atoms with van der Waals surface area (Å²) >= 11 is 0. The summed E-state index contributed by atoms with van der Waals surface area (Å²) in [4.78, 5) is 4.54. The van der Waals surface area contributed by atoms with Crippen LogP contribution in [0, 0.1) is 11.7 Å². The molecule has 1 aromatic heterocycles. The van der Waals surface area contributed by atoms with Crippen molar-refractivity contribution >= 4 is 5.82 Å². The van der Waals surface area contributed by atoms with E-state index in [0.29, 0.717) is 6.61 Å². The smallest absolute Gasteiger partial charge is 0.130 e. The zero-order valence-corrected chi connectivity index (χ0v) is 13.5. The van der Waals surface area contributed by atoms with Crippen molar-refractivity contribution in [2.45, 2.75) is 12.0 Å². The van der Waals surface area contributed by atoms with E-state index in [0.717, 1.165) is 17.1 Å². The van der Waals surface area contributed by atoms with Gasteiger partial charge in [-0.25, -0.2) is 9.37 Å². The summed E-state index contributed by atoms with van der Waals surface area (Å²) in [6.45, 7) is 0.587. The summed E-state index contributed by atoms with van der Waals surface area (Å²) in [7, 11) is 0. The summed E-state index contributed by atoms with van der Waals surface area (Å²) in [5.41, 5.74) is 3.27. The lowest BCUT2D eigenvalue weighted by molar-refractivity contribution is 0.182. The van der Waals surface area contributed by atoms with E-state index in [4.69, 9.17) is 4.74 Å². The molecule has 0 saturated carbocycles. The molecule has 2 aromatic carbocycles. The Hall–Kier alpha value is -2.88. The molecule has 0 radical (unpaired) electrons. The first kappa shape index (κ1) is 14.5. The van der Waals surface area contributed by atoms with Crippen LogP contribution in [0.3, 0.4) is 0 Å². The Labute approximate surface area is 145 Å². The van der Waals surface area contributed by atoms with Crippen LogP contribution in [0.4, 0.5) is 10.2 Å². The predicted molar refractivity (Wildman–Crippen MR) is 94.3 cm³/mol. The van der Waals surface area contributed by atoms with Crippen LogP contribution < -0.4 is 10.1 Å². The Morgan fingerprint density at radius 3 is 2.76 bits per heavy atom. The SMILES string of the molecule is Fc1ccc2c(c1)[C@H]1Nc3ncccc3[C@@H](c3ccccc3)[C@@H]1CO2. The first-order valence-corrected chi connectivity index (χ1v) is 8.50. The molecule has 0 unspecified atom stereocenters. The van der Waals surface area contributed by atoms with Crippen LogP contribution in [0.25, 0.3) is 0 Å². The molecule has 25 heavy (non-hydrogen) atoms. The molecule has 0 aliphatic carbocycles. The average molecular weight is 332 g/mol. The maximum absolute atomic E-state index is 13.9. The molecule has 124 valence electrons. The van der Waals surface area contributed by atoms with Crippen molar-refractivity contribution in [1.29, 1.82) is 0 Å². The van der Waals surface area contributed by atoms with Crippen molar-refractivity contribution in [3.05, 3.63) is 89.4 Å². The second kappa shape index (κ2) is 5.59. The van der Waals surface area contributed by atoms with Gasteiger partial charge in [-0.2, -0.15) is 0 Å². The van der Waals surface area contributed by atoms with Crippen molar-refractivity contribution in [2.24, 2.45) is 5.92 Å². The summed E-state index contributed by atoms with van der Waals surface area (Å²) in [5, 5.41) is 3.52. The monoisotopic (exact) mass is 332 g/mol. The van der Waals surface area contributed by atoms with Gasteiger partial charge in [0.25, 0.3) is 0 Å². The number of pyridine rings is 1. The lowest BCUT2D eigenvalue weighted by Crippen LogP contribution is -2.39. The third-order valence-electron chi connectivity index (χ3n) is 5.22. The number of anilines is 1. The number of aromatic nitrogens is 1. The third kappa shape index (κ3) is 2.29. The molecule has 0 bridgehead atoms. The maximum atomic E-state index is 13.9. The molecule has 1 N–H and O–H groups in total. The number of fused-ring (bicyclic) bond motifs is 4. The van der Waals surface area contributed by atoms with Gasteiger partial charge in [-0.05, 0) is 29.8 Å². The zero-order valence-electron chi connectivity index (χ0n) is 13.5. The number of hydrogen-bond donors (Lipinski definition) is 1. The molecule has 3 aromatic rings. The lowest BCUT2D eigenvalue weighted by atomic mass is 9.72. The largest absolute Gasteiger partial charge is 0.493 e. The van der Waals surface area contributed by atoms with E-state index in [1.54, 1.807) is 18.3 Å². The fourth-order valence-corrected chi connectivity index (χ4v) is 4.13. The van der Waals surface area contributed by atoms with Crippen LogP contribution in [0.1, 0.15) is 28.7 Å². The Bertz CT molecular complexity index is 928. The van der Waals surface area contributed by atoms with E-state index in [-0.39, 0.29) is 23.7 Å². The van der Waals surface area contributed by atoms with Crippen LogP contribution in [0.5, 0.6) is 5.75 Å². The molecule has 0 fully saturated rings. The predicted octanol–water partition coefficient (Wildman–Crippen LogP) is 4.53. The number of halogens is 1. The van der Waals surface area contributed by atoms with E-state index in [9.17, 15) is 4.39 Å². The minimum absolute atomic E-state index is 0.0212. The number of rotatable bonds is 1. The zero-order chi connectivity index (χ0) is 16.8. The van der Waals surface area contributed by atoms with Gasteiger partial charge in [-0.3, -0.25) is 0 Å². The first-order chi connectivity index (χ1) is 12.3. The number of nitrogens with one attached hydrogen (secondary N) is 1. The highest BCUT2D eigenvalue weighted by atomic mass is 19.1. The van der Waals surface area contributed by atoms with Crippen LogP contribution in [-0.4, -0.2) is 11.6 Å². The summed E-state index contributed by atoms with van der Waals surface area (Å²) in [5.74, 6) is 1.71. The van der Waals surface area contributed by atoms with E-state index in [1.807, 2.05) is 12.1 Å². The molecule has 4 heteroatoms. The van der Waals surface area contributed by atoms with Gasteiger partial charge >= 0.3 is 0 Å². The lowest BCUT2D eigenvalue weighted by Gasteiger charge is -2.43. The van der Waals surface area contributed by atoms with Gasteiger partial charge in [0.2, 0.25) is 0 Å². The fourth-order valence-electron chi connectivity index (χ4n) is 4.13. The van der Waals surface area contributed by atoms with Gasteiger partial charge < -0.3 is 10.1 Å². The molecule has 5 rings (SSSR count). The Kier molecular flexibility index (Phi) is 3.23. The van der Waals surface area contributed by atoms with E-state index in [2.05, 4.69) is 40.6 Å². The van der Waals surface area contributed by atoms with E-state index < -0.39 is 0 Å². The topological polar surface area (TPSA) is 34.2 Å². The highest BCUT2D eigenvalue weighted by Crippen LogP contribution is 2.50. The van der Waals surface area contributed by atoms with Crippen LogP contribution in [0.15, 0.2) is 66.9 Å². The molecule has 3 heterocycles. The van der Waals surface area contributed by atoms with Crippen molar-refractivity contribution in [3.63, 3.8) is 0 Å². The highest BCUT2D eigenvalue weighted by Gasteiger charge is 2.42. The first-order valence-electron chi connectivity index (χ1n) is 8.50. The summed E-state index contributed by atoms with van der Waals surface area (Å²) in [6, 6.07) is 19.2. The van der Waals surface area contributed by atoms with Crippen molar-refractivity contribution in [2.75, 3.05) is 11.9 Å². The molecule has 3 atom stereocenters. The van der Waals surface area contributed by atoms with Gasteiger partial charge in [0.15, 0.2) is 0 Å². The third-order valence-corrected chi connectivity index (χ3v) is 5.22. The van der Waals surface area contributed by atoms with Crippen LogP contribution in [-0.2, 0) is 0 Å². The highest BCUT2D eigenvalue weighted by molar-refractivity contribution is 5.57. The normalized spacial score (nSPS) is 23.5. The van der Waals surface area contributed by atoms with Gasteiger partial charge in [-0.15, -0.1) is 0 Å². The molecule has 3 nitrogen and oxygen atoms in total. The molecular weight excluding hydrogens is 315 g/mol. The number of benzene rings is 2. The molecule has 0 spiro atoms. The van der Waals surface area contributed by atoms with Crippen LogP contribution >= 0.6 is 0 Å². The quantitative estimate of drug-likeness (QED) is 0.711.